The van der Waals surface area contributed by atoms with E-state index in [0.29, 0.717) is 23.9 Å². The minimum atomic E-state index is -0.266. The summed E-state index contributed by atoms with van der Waals surface area (Å²) in [7, 11) is 0. The van der Waals surface area contributed by atoms with Crippen molar-refractivity contribution in [3.8, 4) is 5.69 Å². The Hall–Kier alpha value is -2.56. The number of hydrogen-bond donors (Lipinski definition) is 1. The molecular weight excluding hydrogens is 457 g/mol. The van der Waals surface area contributed by atoms with Gasteiger partial charge in [0, 0.05) is 10.6 Å². The second-order valence-electron chi connectivity index (χ2n) is 8.32. The Labute approximate surface area is 200 Å². The van der Waals surface area contributed by atoms with Gasteiger partial charge in [0.05, 0.1) is 17.7 Å². The Balaban J connectivity index is 1.43. The van der Waals surface area contributed by atoms with Crippen molar-refractivity contribution in [3.05, 3.63) is 52.2 Å². The predicted octanol–water partition coefficient (Wildman–Crippen LogP) is 4.89. The number of thiophene rings is 1. The van der Waals surface area contributed by atoms with Crippen LogP contribution in [0.5, 0.6) is 0 Å². The molecule has 0 saturated carbocycles. The van der Waals surface area contributed by atoms with E-state index >= 15 is 0 Å². The number of halogens is 1. The summed E-state index contributed by atoms with van der Waals surface area (Å²) in [4.78, 5) is 13.8. The maximum atomic E-state index is 13.6. The van der Waals surface area contributed by atoms with Crippen LogP contribution < -0.4 is 5.73 Å². The van der Waals surface area contributed by atoms with Crippen molar-refractivity contribution in [2.24, 2.45) is 0 Å². The van der Waals surface area contributed by atoms with Gasteiger partial charge in [-0.15, -0.1) is 21.5 Å². The molecule has 172 valence electrons. The van der Waals surface area contributed by atoms with Crippen LogP contribution in [0.15, 0.2) is 29.4 Å². The molecule has 3 aromatic heterocycles. The average Bonchev–Trinajstić information content (AvgIpc) is 3.33. The third-order valence-corrected chi connectivity index (χ3v) is 8.06. The van der Waals surface area contributed by atoms with Gasteiger partial charge in [0.15, 0.2) is 11.0 Å². The third-order valence-electron chi connectivity index (χ3n) is 6.03. The van der Waals surface area contributed by atoms with Crippen LogP contribution in [-0.2, 0) is 12.3 Å². The number of likely N-dealkylation sites (tertiary alicyclic amines) is 1. The van der Waals surface area contributed by atoms with Crippen molar-refractivity contribution in [2.75, 3.05) is 18.8 Å². The summed E-state index contributed by atoms with van der Waals surface area (Å²) in [6.45, 7) is 6.97. The van der Waals surface area contributed by atoms with Crippen molar-refractivity contribution in [1.82, 2.24) is 29.6 Å². The second-order valence-corrected chi connectivity index (χ2v) is 10.5. The highest BCUT2D eigenvalue weighted by atomic mass is 32.2. The Bertz CT molecular complexity index is 1280. The number of aryl methyl sites for hydroxylation is 2. The molecule has 1 aliphatic rings. The van der Waals surface area contributed by atoms with E-state index in [1.54, 1.807) is 23.5 Å². The lowest BCUT2D eigenvalue weighted by atomic mass is 10.1. The minimum absolute atomic E-state index is 0.266. The number of benzene rings is 1. The summed E-state index contributed by atoms with van der Waals surface area (Å²) in [5.74, 6) is 2.28. The Morgan fingerprint density at radius 2 is 1.82 bits per heavy atom. The second kappa shape index (κ2) is 9.36. The zero-order valence-corrected chi connectivity index (χ0v) is 20.3. The molecule has 1 aromatic carbocycles. The highest BCUT2D eigenvalue weighted by molar-refractivity contribution is 7.98. The van der Waals surface area contributed by atoms with Gasteiger partial charge in [-0.3, -0.25) is 9.47 Å². The van der Waals surface area contributed by atoms with Crippen molar-refractivity contribution < 1.29 is 4.39 Å². The number of thioether (sulfide) groups is 1. The number of piperidine rings is 1. The molecule has 0 spiro atoms. The molecule has 10 heteroatoms. The number of nitrogens with zero attached hydrogens (tertiary/aromatic N) is 6. The van der Waals surface area contributed by atoms with Crippen LogP contribution in [0.25, 0.3) is 15.9 Å². The molecule has 0 amide bonds. The molecule has 0 aliphatic carbocycles. The summed E-state index contributed by atoms with van der Waals surface area (Å²) >= 11 is 3.15. The SMILES string of the molecule is Cc1sc2nc(CSc3nnc(CN4CCCCC4)n3-c3ccc(F)cc3)nc(N)c2c1C. The van der Waals surface area contributed by atoms with Crippen LogP contribution in [0.4, 0.5) is 10.2 Å². The number of fused-ring (bicyclic) bond motifs is 1. The highest BCUT2D eigenvalue weighted by Gasteiger charge is 2.20. The maximum Gasteiger partial charge on any atom is 0.196 e. The lowest BCUT2D eigenvalue weighted by Crippen LogP contribution is -2.30. The number of rotatable bonds is 6. The standard InChI is InChI=1S/C23H26FN7S2/c1-14-15(2)33-22-20(14)21(25)26-18(27-22)13-32-23-29-28-19(12-30-10-4-3-5-11-30)31(23)17-8-6-16(24)7-9-17/h6-9H,3-5,10-13H2,1-2H3,(H2,25,26,27). The molecule has 33 heavy (non-hydrogen) atoms. The van der Waals surface area contributed by atoms with Crippen LogP contribution >= 0.6 is 23.1 Å². The van der Waals surface area contributed by atoms with Crippen LogP contribution in [0.3, 0.4) is 0 Å². The number of hydrogen-bond acceptors (Lipinski definition) is 8. The monoisotopic (exact) mass is 483 g/mol. The quantitative estimate of drug-likeness (QED) is 0.391. The summed E-state index contributed by atoms with van der Waals surface area (Å²) in [6, 6.07) is 6.46. The third kappa shape index (κ3) is 4.60. The van der Waals surface area contributed by atoms with E-state index in [0.717, 1.165) is 45.5 Å². The first-order valence-corrected chi connectivity index (χ1v) is 12.9. The van der Waals surface area contributed by atoms with E-state index in [9.17, 15) is 4.39 Å². The van der Waals surface area contributed by atoms with E-state index in [-0.39, 0.29) is 5.82 Å². The Morgan fingerprint density at radius 3 is 2.58 bits per heavy atom. The van der Waals surface area contributed by atoms with Gasteiger partial charge in [-0.25, -0.2) is 14.4 Å². The molecule has 2 N–H and O–H groups in total. The fourth-order valence-electron chi connectivity index (χ4n) is 4.18. The topological polar surface area (TPSA) is 85.8 Å². The lowest BCUT2D eigenvalue weighted by Gasteiger charge is -2.26. The number of aromatic nitrogens is 5. The van der Waals surface area contributed by atoms with Gasteiger partial charge >= 0.3 is 0 Å². The molecule has 0 atom stereocenters. The van der Waals surface area contributed by atoms with Crippen LogP contribution in [-0.4, -0.2) is 42.7 Å². The normalized spacial score (nSPS) is 14.9. The molecule has 1 fully saturated rings. The zero-order chi connectivity index (χ0) is 22.9. The lowest BCUT2D eigenvalue weighted by molar-refractivity contribution is 0.214. The molecule has 7 nitrogen and oxygen atoms in total. The van der Waals surface area contributed by atoms with E-state index in [1.165, 1.54) is 48.0 Å². The largest absolute Gasteiger partial charge is 0.383 e. The maximum absolute atomic E-state index is 13.6. The minimum Gasteiger partial charge on any atom is -0.383 e. The first kappa shape index (κ1) is 22.2. The van der Waals surface area contributed by atoms with Gasteiger partial charge < -0.3 is 5.73 Å². The van der Waals surface area contributed by atoms with Gasteiger partial charge in [-0.2, -0.15) is 0 Å². The summed E-state index contributed by atoms with van der Waals surface area (Å²) in [6.07, 6.45) is 3.68. The van der Waals surface area contributed by atoms with Gasteiger partial charge in [-0.05, 0) is 69.6 Å². The molecule has 5 rings (SSSR count). The molecule has 4 aromatic rings. The first-order chi connectivity index (χ1) is 16.0. The van der Waals surface area contributed by atoms with Crippen molar-refractivity contribution in [1.29, 1.82) is 0 Å². The fraction of sp³-hybridized carbons (Fsp3) is 0.391. The Morgan fingerprint density at radius 1 is 1.06 bits per heavy atom. The highest BCUT2D eigenvalue weighted by Crippen LogP contribution is 2.33. The first-order valence-electron chi connectivity index (χ1n) is 11.1. The van der Waals surface area contributed by atoms with Crippen molar-refractivity contribution in [2.45, 2.75) is 50.6 Å². The summed E-state index contributed by atoms with van der Waals surface area (Å²) in [5, 5.41) is 10.6. The molecule has 1 saturated heterocycles. The van der Waals surface area contributed by atoms with Crippen molar-refractivity contribution in [3.63, 3.8) is 0 Å². The summed E-state index contributed by atoms with van der Waals surface area (Å²) in [5.41, 5.74) is 8.24. The van der Waals surface area contributed by atoms with E-state index < -0.39 is 0 Å². The molecule has 0 bridgehead atoms. The van der Waals surface area contributed by atoms with Crippen LogP contribution in [0.1, 0.15) is 41.4 Å². The number of anilines is 1. The average molecular weight is 484 g/mol. The van der Waals surface area contributed by atoms with Gasteiger partial charge in [0.1, 0.15) is 22.3 Å². The molecule has 4 heterocycles. The van der Waals surface area contributed by atoms with Gasteiger partial charge in [0.25, 0.3) is 0 Å². The van der Waals surface area contributed by atoms with Gasteiger partial charge in [-0.1, -0.05) is 18.2 Å². The van der Waals surface area contributed by atoms with Gasteiger partial charge in [0.2, 0.25) is 0 Å². The molecule has 0 unspecified atom stereocenters. The van der Waals surface area contributed by atoms with Crippen molar-refractivity contribution >= 4 is 39.1 Å². The fourth-order valence-corrected chi connectivity index (χ4v) is 6.07. The van der Waals surface area contributed by atoms with E-state index in [2.05, 4.69) is 33.9 Å². The van der Waals surface area contributed by atoms with E-state index in [4.69, 9.17) is 10.7 Å². The van der Waals surface area contributed by atoms with Crippen LogP contribution in [0, 0.1) is 19.7 Å². The predicted molar refractivity (Wildman–Crippen MR) is 131 cm³/mol. The molecular formula is C23H26FN7S2. The molecule has 0 radical (unpaired) electrons. The number of nitrogens with two attached hydrogens (primary N) is 1. The number of nitrogen functional groups attached to an aromatic ring is 1. The smallest absolute Gasteiger partial charge is 0.196 e. The van der Waals surface area contributed by atoms with E-state index in [1.807, 2.05) is 4.57 Å². The summed E-state index contributed by atoms with van der Waals surface area (Å²) < 4.78 is 15.6. The zero-order valence-electron chi connectivity index (χ0n) is 18.7. The molecule has 1 aliphatic heterocycles. The van der Waals surface area contributed by atoms with Crippen LogP contribution in [0.2, 0.25) is 0 Å². The Kier molecular flexibility index (Phi) is 6.31.